The number of phenolic OH excluding ortho intramolecular Hbond substituents is 1. The first-order valence-corrected chi connectivity index (χ1v) is 8.39. The van der Waals surface area contributed by atoms with E-state index in [1.54, 1.807) is 36.7 Å². The van der Waals surface area contributed by atoms with Gasteiger partial charge in [0.05, 0.1) is 10.7 Å². The third-order valence-corrected chi connectivity index (χ3v) is 4.22. The van der Waals surface area contributed by atoms with Gasteiger partial charge in [0.2, 0.25) is 5.89 Å². The highest BCUT2D eigenvalue weighted by Gasteiger charge is 2.09. The molecule has 0 bridgehead atoms. The van der Waals surface area contributed by atoms with E-state index in [1.807, 2.05) is 12.1 Å². The van der Waals surface area contributed by atoms with Crippen LogP contribution in [0.2, 0.25) is 10.0 Å². The molecule has 2 heterocycles. The van der Waals surface area contributed by atoms with Crippen molar-refractivity contribution in [3.05, 3.63) is 70.5 Å². The molecule has 7 heteroatoms. The zero-order valence-electron chi connectivity index (χ0n) is 13.2. The number of aromatic hydroxyl groups is 1. The van der Waals surface area contributed by atoms with Gasteiger partial charge in [-0.3, -0.25) is 9.98 Å². The van der Waals surface area contributed by atoms with Gasteiger partial charge in [0.1, 0.15) is 11.3 Å². The summed E-state index contributed by atoms with van der Waals surface area (Å²) in [7, 11) is 0. The summed E-state index contributed by atoms with van der Waals surface area (Å²) in [4.78, 5) is 12.8. The number of rotatable bonds is 3. The molecule has 5 nitrogen and oxygen atoms in total. The Kier molecular flexibility index (Phi) is 4.32. The number of pyridine rings is 1. The van der Waals surface area contributed by atoms with E-state index in [9.17, 15) is 5.11 Å². The van der Waals surface area contributed by atoms with E-state index < -0.39 is 0 Å². The van der Waals surface area contributed by atoms with Crippen LogP contribution in [-0.2, 0) is 0 Å². The molecule has 4 rings (SSSR count). The predicted molar refractivity (Wildman–Crippen MR) is 103 cm³/mol. The SMILES string of the molecule is Oc1c(Cl)cc(Cl)cc1C=Nc1ccc2oc(-c3ccncc3)nc2c1. The molecule has 0 fully saturated rings. The number of halogens is 2. The fourth-order valence-electron chi connectivity index (χ4n) is 2.44. The van der Waals surface area contributed by atoms with Gasteiger partial charge in [-0.25, -0.2) is 4.98 Å². The lowest BCUT2D eigenvalue weighted by atomic mass is 10.2. The van der Waals surface area contributed by atoms with E-state index in [2.05, 4.69) is 15.0 Å². The summed E-state index contributed by atoms with van der Waals surface area (Å²) < 4.78 is 5.76. The van der Waals surface area contributed by atoms with Crippen molar-refractivity contribution in [2.24, 2.45) is 4.99 Å². The zero-order chi connectivity index (χ0) is 18.1. The van der Waals surface area contributed by atoms with E-state index in [4.69, 9.17) is 27.6 Å². The average molecular weight is 384 g/mol. The van der Waals surface area contributed by atoms with Gasteiger partial charge in [0, 0.05) is 34.8 Å². The number of hydrogen-bond donors (Lipinski definition) is 1. The summed E-state index contributed by atoms with van der Waals surface area (Å²) in [5.41, 5.74) is 3.27. The van der Waals surface area contributed by atoms with E-state index in [1.165, 1.54) is 12.3 Å². The molecule has 128 valence electrons. The van der Waals surface area contributed by atoms with Crippen molar-refractivity contribution in [2.45, 2.75) is 0 Å². The second kappa shape index (κ2) is 6.78. The summed E-state index contributed by atoms with van der Waals surface area (Å²) in [5, 5.41) is 10.6. The van der Waals surface area contributed by atoms with Crippen LogP contribution in [0.3, 0.4) is 0 Å². The molecule has 4 aromatic rings. The Morgan fingerprint density at radius 3 is 2.65 bits per heavy atom. The third kappa shape index (κ3) is 3.27. The fourth-order valence-corrected chi connectivity index (χ4v) is 2.95. The summed E-state index contributed by atoms with van der Waals surface area (Å²) in [6, 6.07) is 12.1. The number of nitrogens with zero attached hydrogens (tertiary/aromatic N) is 3. The van der Waals surface area contributed by atoms with E-state index in [-0.39, 0.29) is 10.8 Å². The molecule has 0 saturated carbocycles. The van der Waals surface area contributed by atoms with Crippen molar-refractivity contribution in [1.82, 2.24) is 9.97 Å². The number of oxazole rings is 1. The van der Waals surface area contributed by atoms with Crippen molar-refractivity contribution >= 4 is 46.2 Å². The fraction of sp³-hybridized carbons (Fsp3) is 0. The summed E-state index contributed by atoms with van der Waals surface area (Å²) >= 11 is 11.9. The molecule has 0 spiro atoms. The molecule has 26 heavy (non-hydrogen) atoms. The Bertz CT molecular complexity index is 1120. The Balaban J connectivity index is 1.68. The maximum atomic E-state index is 9.99. The maximum Gasteiger partial charge on any atom is 0.227 e. The summed E-state index contributed by atoms with van der Waals surface area (Å²) in [6.45, 7) is 0. The van der Waals surface area contributed by atoms with Crippen LogP contribution in [0.25, 0.3) is 22.6 Å². The molecule has 0 saturated heterocycles. The lowest BCUT2D eigenvalue weighted by molar-refractivity contribution is 0.475. The van der Waals surface area contributed by atoms with Gasteiger partial charge in [-0.1, -0.05) is 23.2 Å². The number of benzene rings is 2. The first-order valence-electron chi connectivity index (χ1n) is 7.63. The molecule has 2 aromatic heterocycles. The molecule has 0 unspecified atom stereocenters. The van der Waals surface area contributed by atoms with Gasteiger partial charge >= 0.3 is 0 Å². The Morgan fingerprint density at radius 1 is 1.04 bits per heavy atom. The second-order valence-corrected chi connectivity index (χ2v) is 6.33. The van der Waals surface area contributed by atoms with Crippen LogP contribution in [0, 0.1) is 0 Å². The Morgan fingerprint density at radius 2 is 1.85 bits per heavy atom. The van der Waals surface area contributed by atoms with Crippen LogP contribution in [-0.4, -0.2) is 21.3 Å². The smallest absolute Gasteiger partial charge is 0.227 e. The van der Waals surface area contributed by atoms with Crippen molar-refractivity contribution in [3.63, 3.8) is 0 Å². The van der Waals surface area contributed by atoms with Crippen molar-refractivity contribution in [3.8, 4) is 17.2 Å². The Labute approximate surface area is 158 Å². The van der Waals surface area contributed by atoms with Crippen LogP contribution < -0.4 is 0 Å². The van der Waals surface area contributed by atoms with Gasteiger partial charge in [0.25, 0.3) is 0 Å². The average Bonchev–Trinajstić information content (AvgIpc) is 3.07. The first-order chi connectivity index (χ1) is 12.6. The van der Waals surface area contributed by atoms with Crippen molar-refractivity contribution in [1.29, 1.82) is 0 Å². The van der Waals surface area contributed by atoms with Crippen LogP contribution in [0.1, 0.15) is 5.56 Å². The Hall–Kier alpha value is -2.89. The monoisotopic (exact) mass is 383 g/mol. The topological polar surface area (TPSA) is 71.5 Å². The van der Waals surface area contributed by atoms with Crippen LogP contribution in [0.4, 0.5) is 5.69 Å². The maximum absolute atomic E-state index is 9.99. The number of aromatic nitrogens is 2. The molecule has 0 aliphatic carbocycles. The minimum atomic E-state index is -0.0673. The van der Waals surface area contributed by atoms with E-state index in [0.29, 0.717) is 33.3 Å². The molecular weight excluding hydrogens is 373 g/mol. The normalized spacial score (nSPS) is 11.5. The van der Waals surface area contributed by atoms with Gasteiger partial charge in [-0.15, -0.1) is 0 Å². The minimum Gasteiger partial charge on any atom is -0.506 e. The first kappa shape index (κ1) is 16.6. The molecule has 0 aliphatic heterocycles. The highest BCUT2D eigenvalue weighted by atomic mass is 35.5. The number of phenols is 1. The predicted octanol–water partition coefficient (Wildman–Crippen LogP) is 5.65. The van der Waals surface area contributed by atoms with Gasteiger partial charge < -0.3 is 9.52 Å². The lowest BCUT2D eigenvalue weighted by Gasteiger charge is -2.02. The van der Waals surface area contributed by atoms with Gasteiger partial charge in [-0.2, -0.15) is 0 Å². The highest BCUT2D eigenvalue weighted by Crippen LogP contribution is 2.31. The van der Waals surface area contributed by atoms with Gasteiger partial charge in [0.15, 0.2) is 5.58 Å². The van der Waals surface area contributed by atoms with Crippen LogP contribution in [0.5, 0.6) is 5.75 Å². The minimum absolute atomic E-state index is 0.0673. The zero-order valence-corrected chi connectivity index (χ0v) is 14.7. The molecular formula is C19H11Cl2N3O2. The van der Waals surface area contributed by atoms with Crippen LogP contribution >= 0.6 is 23.2 Å². The van der Waals surface area contributed by atoms with E-state index >= 15 is 0 Å². The van der Waals surface area contributed by atoms with E-state index in [0.717, 1.165) is 5.56 Å². The number of aliphatic imine (C=N–C) groups is 1. The highest BCUT2D eigenvalue weighted by molar-refractivity contribution is 6.36. The third-order valence-electron chi connectivity index (χ3n) is 3.71. The summed E-state index contributed by atoms with van der Waals surface area (Å²) in [5.74, 6) is 0.449. The molecule has 0 atom stereocenters. The second-order valence-electron chi connectivity index (χ2n) is 5.49. The quantitative estimate of drug-likeness (QED) is 0.463. The summed E-state index contributed by atoms with van der Waals surface area (Å²) in [6.07, 6.45) is 4.86. The lowest BCUT2D eigenvalue weighted by Crippen LogP contribution is -1.84. The van der Waals surface area contributed by atoms with Crippen molar-refractivity contribution < 1.29 is 9.52 Å². The largest absolute Gasteiger partial charge is 0.506 e. The van der Waals surface area contributed by atoms with Gasteiger partial charge in [-0.05, 0) is 42.5 Å². The molecule has 0 radical (unpaired) electrons. The number of fused-ring (bicyclic) bond motifs is 1. The van der Waals surface area contributed by atoms with Crippen LogP contribution in [0.15, 0.2) is 64.3 Å². The number of hydrogen-bond acceptors (Lipinski definition) is 5. The molecule has 1 N–H and O–H groups in total. The molecule has 0 amide bonds. The van der Waals surface area contributed by atoms with Crippen molar-refractivity contribution in [2.75, 3.05) is 0 Å². The standard InChI is InChI=1S/C19H11Cl2N3O2/c20-13-7-12(18(25)15(21)8-13)10-23-14-1-2-17-16(9-14)24-19(26-17)11-3-5-22-6-4-11/h1-10,25H. The molecule has 2 aromatic carbocycles. The molecule has 0 aliphatic rings.